The van der Waals surface area contributed by atoms with Crippen molar-refractivity contribution in [3.05, 3.63) is 66.2 Å². The Hall–Kier alpha value is -2.73. The van der Waals surface area contributed by atoms with Gasteiger partial charge in [-0.15, -0.1) is 0 Å². The van der Waals surface area contributed by atoms with Crippen molar-refractivity contribution < 1.29 is 14.3 Å². The van der Waals surface area contributed by atoms with E-state index < -0.39 is 6.10 Å². The number of benzene rings is 2. The van der Waals surface area contributed by atoms with Crippen molar-refractivity contribution in [3.8, 4) is 0 Å². The van der Waals surface area contributed by atoms with Crippen LogP contribution < -0.4 is 0 Å². The number of para-hydroxylation sites is 2. The number of rotatable bonds is 3. The third-order valence-corrected chi connectivity index (χ3v) is 4.69. The molecule has 4 rings (SSSR count). The number of aromatic nitrogens is 2. The quantitative estimate of drug-likeness (QED) is 0.798. The first-order chi connectivity index (χ1) is 12.1. The summed E-state index contributed by atoms with van der Waals surface area (Å²) in [5, 5.41) is 10.0. The van der Waals surface area contributed by atoms with Crippen molar-refractivity contribution in [3.63, 3.8) is 0 Å². The van der Waals surface area contributed by atoms with Gasteiger partial charge in [-0.05, 0) is 36.2 Å². The van der Waals surface area contributed by atoms with Crippen LogP contribution >= 0.6 is 0 Å². The monoisotopic (exact) mass is 339 g/mol. The van der Waals surface area contributed by atoms with Gasteiger partial charge < -0.3 is 14.6 Å². The predicted molar refractivity (Wildman–Crippen MR) is 91.2 cm³/mol. The van der Waals surface area contributed by atoms with Gasteiger partial charge in [0.15, 0.2) is 0 Å². The van der Waals surface area contributed by atoms with Crippen molar-refractivity contribution in [2.75, 3.05) is 6.54 Å². The van der Waals surface area contributed by atoms with E-state index in [2.05, 4.69) is 4.98 Å². The molecule has 25 heavy (non-hydrogen) atoms. The number of carbonyl (C=O) groups is 1. The van der Waals surface area contributed by atoms with E-state index in [0.29, 0.717) is 6.42 Å². The molecule has 0 aliphatic carbocycles. The number of hydrogen-bond donors (Lipinski definition) is 1. The van der Waals surface area contributed by atoms with Crippen LogP contribution in [0.2, 0.25) is 0 Å². The van der Waals surface area contributed by atoms with E-state index in [9.17, 15) is 14.3 Å². The predicted octanol–water partition coefficient (Wildman–Crippen LogP) is 2.51. The fourth-order valence-corrected chi connectivity index (χ4v) is 3.46. The summed E-state index contributed by atoms with van der Waals surface area (Å²) in [7, 11) is 0. The molecule has 0 spiro atoms. The van der Waals surface area contributed by atoms with Crippen molar-refractivity contribution in [2.24, 2.45) is 0 Å². The van der Waals surface area contributed by atoms with E-state index in [-0.39, 0.29) is 30.9 Å². The number of hydrogen-bond acceptors (Lipinski definition) is 3. The van der Waals surface area contributed by atoms with Gasteiger partial charge in [0.25, 0.3) is 0 Å². The highest BCUT2D eigenvalue weighted by atomic mass is 19.1. The molecular weight excluding hydrogens is 321 g/mol. The topological polar surface area (TPSA) is 58.4 Å². The summed E-state index contributed by atoms with van der Waals surface area (Å²) in [5.74, 6) is -0.404. The standard InChI is InChI=1S/C19H18FN3O2/c20-14-7-5-13(6-8-14)18-9-15(24)10-23(18)19(25)11-22-12-21-16-3-1-2-4-17(16)22/h1-8,12,15,18,24H,9-11H2/t15-,18-/m1/s1. The largest absolute Gasteiger partial charge is 0.391 e. The van der Waals surface area contributed by atoms with Gasteiger partial charge >= 0.3 is 0 Å². The highest BCUT2D eigenvalue weighted by Gasteiger charge is 2.35. The van der Waals surface area contributed by atoms with Gasteiger partial charge in [0.2, 0.25) is 5.91 Å². The first-order valence-corrected chi connectivity index (χ1v) is 8.24. The number of halogens is 1. The van der Waals surface area contributed by atoms with E-state index in [1.165, 1.54) is 12.1 Å². The minimum atomic E-state index is -0.571. The molecule has 1 saturated heterocycles. The molecule has 0 saturated carbocycles. The van der Waals surface area contributed by atoms with Crippen LogP contribution in [-0.4, -0.2) is 38.1 Å². The zero-order chi connectivity index (χ0) is 17.4. The molecule has 0 unspecified atom stereocenters. The summed E-state index contributed by atoms with van der Waals surface area (Å²) in [6, 6.07) is 13.5. The summed E-state index contributed by atoms with van der Waals surface area (Å²) < 4.78 is 15.0. The van der Waals surface area contributed by atoms with Crippen LogP contribution in [0.3, 0.4) is 0 Å². The van der Waals surface area contributed by atoms with Crippen molar-refractivity contribution in [2.45, 2.75) is 25.1 Å². The maximum absolute atomic E-state index is 13.2. The number of β-amino-alcohol motifs (C(OH)–C–C–N with tert-alkyl or cyclic N) is 1. The molecule has 1 aromatic heterocycles. The van der Waals surface area contributed by atoms with Crippen LogP contribution in [0.1, 0.15) is 18.0 Å². The molecule has 0 bridgehead atoms. The Bertz CT molecular complexity index is 906. The lowest BCUT2D eigenvalue weighted by molar-refractivity contribution is -0.133. The highest BCUT2D eigenvalue weighted by Crippen LogP contribution is 2.32. The number of amides is 1. The molecular formula is C19H18FN3O2. The Morgan fingerprint density at radius 3 is 2.76 bits per heavy atom. The maximum atomic E-state index is 13.2. The molecule has 2 heterocycles. The van der Waals surface area contributed by atoms with E-state index in [1.54, 1.807) is 23.4 Å². The first-order valence-electron chi connectivity index (χ1n) is 8.24. The molecule has 3 aromatic rings. The molecule has 1 amide bonds. The minimum Gasteiger partial charge on any atom is -0.391 e. The molecule has 1 N–H and O–H groups in total. The molecule has 2 atom stereocenters. The van der Waals surface area contributed by atoms with Gasteiger partial charge in [0, 0.05) is 6.54 Å². The average molecular weight is 339 g/mol. The van der Waals surface area contributed by atoms with E-state index in [1.807, 2.05) is 28.8 Å². The number of fused-ring (bicyclic) bond motifs is 1. The number of aliphatic hydroxyl groups is 1. The van der Waals surface area contributed by atoms with Crippen LogP contribution in [0.15, 0.2) is 54.9 Å². The van der Waals surface area contributed by atoms with E-state index in [0.717, 1.165) is 16.6 Å². The molecule has 6 heteroatoms. The van der Waals surface area contributed by atoms with Gasteiger partial charge in [-0.1, -0.05) is 24.3 Å². The fourth-order valence-electron chi connectivity index (χ4n) is 3.46. The Morgan fingerprint density at radius 2 is 1.96 bits per heavy atom. The van der Waals surface area contributed by atoms with E-state index >= 15 is 0 Å². The Labute approximate surface area is 144 Å². The lowest BCUT2D eigenvalue weighted by Gasteiger charge is -2.25. The van der Waals surface area contributed by atoms with Crippen LogP contribution in [-0.2, 0) is 11.3 Å². The second-order valence-electron chi connectivity index (χ2n) is 6.36. The zero-order valence-electron chi connectivity index (χ0n) is 13.5. The van der Waals surface area contributed by atoms with Gasteiger partial charge in [-0.25, -0.2) is 9.37 Å². The normalized spacial score (nSPS) is 20.3. The van der Waals surface area contributed by atoms with Crippen LogP contribution in [0.25, 0.3) is 11.0 Å². The van der Waals surface area contributed by atoms with Gasteiger partial charge in [0.1, 0.15) is 12.4 Å². The first kappa shape index (κ1) is 15.8. The van der Waals surface area contributed by atoms with Gasteiger partial charge in [0.05, 0.1) is 29.5 Å². The zero-order valence-corrected chi connectivity index (χ0v) is 13.5. The number of likely N-dealkylation sites (tertiary alicyclic amines) is 1. The van der Waals surface area contributed by atoms with Crippen molar-refractivity contribution in [1.82, 2.24) is 14.5 Å². The van der Waals surface area contributed by atoms with Gasteiger partial charge in [-0.2, -0.15) is 0 Å². The third-order valence-electron chi connectivity index (χ3n) is 4.69. The second-order valence-corrected chi connectivity index (χ2v) is 6.36. The smallest absolute Gasteiger partial charge is 0.243 e. The second kappa shape index (κ2) is 6.29. The fraction of sp³-hybridized carbons (Fsp3) is 0.263. The summed E-state index contributed by atoms with van der Waals surface area (Å²) >= 11 is 0. The Balaban J connectivity index is 1.58. The number of carbonyl (C=O) groups excluding carboxylic acids is 1. The molecule has 5 nitrogen and oxygen atoms in total. The Morgan fingerprint density at radius 1 is 1.20 bits per heavy atom. The summed E-state index contributed by atoms with van der Waals surface area (Å²) in [4.78, 5) is 18.8. The minimum absolute atomic E-state index is 0.0889. The SMILES string of the molecule is O=C(Cn1cnc2ccccc21)N1C[C@H](O)C[C@@H]1c1ccc(F)cc1. The van der Waals surface area contributed by atoms with Crippen LogP contribution in [0, 0.1) is 5.82 Å². The maximum Gasteiger partial charge on any atom is 0.243 e. The van der Waals surface area contributed by atoms with Crippen LogP contribution in [0.4, 0.5) is 4.39 Å². The summed E-state index contributed by atoms with van der Waals surface area (Å²) in [5.41, 5.74) is 2.57. The number of nitrogens with zero attached hydrogens (tertiary/aromatic N) is 3. The highest BCUT2D eigenvalue weighted by molar-refractivity contribution is 5.81. The van der Waals surface area contributed by atoms with E-state index in [4.69, 9.17) is 0 Å². The van der Waals surface area contributed by atoms with Gasteiger partial charge in [-0.3, -0.25) is 4.79 Å². The van der Waals surface area contributed by atoms with Crippen molar-refractivity contribution >= 4 is 16.9 Å². The molecule has 1 aliphatic rings. The molecule has 1 aliphatic heterocycles. The molecule has 1 fully saturated rings. The van der Waals surface area contributed by atoms with Crippen LogP contribution in [0.5, 0.6) is 0 Å². The summed E-state index contributed by atoms with van der Waals surface area (Å²) in [6.45, 7) is 0.443. The lowest BCUT2D eigenvalue weighted by Crippen LogP contribution is -2.34. The molecule has 0 radical (unpaired) electrons. The third kappa shape index (κ3) is 3.00. The Kier molecular flexibility index (Phi) is 3.97. The summed E-state index contributed by atoms with van der Waals surface area (Å²) in [6.07, 6.45) is 1.54. The average Bonchev–Trinajstić information content (AvgIpc) is 3.20. The molecule has 2 aromatic carbocycles. The molecule has 128 valence electrons. The van der Waals surface area contributed by atoms with Crippen molar-refractivity contribution in [1.29, 1.82) is 0 Å². The lowest BCUT2D eigenvalue weighted by atomic mass is 10.0. The number of aliphatic hydroxyl groups excluding tert-OH is 1. The number of imidazole rings is 1.